The predicted molar refractivity (Wildman–Crippen MR) is 88.2 cm³/mol. The first-order valence-electron chi connectivity index (χ1n) is 7.45. The van der Waals surface area contributed by atoms with Crippen LogP contribution in [-0.4, -0.2) is 29.7 Å². The van der Waals surface area contributed by atoms with Crippen LogP contribution in [0.5, 0.6) is 0 Å². The second kappa shape index (κ2) is 7.38. The summed E-state index contributed by atoms with van der Waals surface area (Å²) in [6.45, 7) is 2.86. The number of carbonyl (C=O) groups excluding carboxylic acids is 1. The first kappa shape index (κ1) is 16.5. The van der Waals surface area contributed by atoms with E-state index in [1.54, 1.807) is 0 Å². The van der Waals surface area contributed by atoms with Gasteiger partial charge in [-0.2, -0.15) is 0 Å². The Kier molecular flexibility index (Phi) is 5.79. The smallest absolute Gasteiger partial charge is 0.238 e. The van der Waals surface area contributed by atoms with E-state index in [4.69, 9.17) is 0 Å². The lowest BCUT2D eigenvalue weighted by molar-refractivity contribution is -0.115. The second-order valence-electron chi connectivity index (χ2n) is 6.08. The highest BCUT2D eigenvalue weighted by atomic mass is 79.9. The third-order valence-electron chi connectivity index (χ3n) is 3.94. The Hall–Kier alpha value is -0.910. The zero-order valence-electron chi connectivity index (χ0n) is 12.4. The van der Waals surface area contributed by atoms with E-state index in [1.807, 2.05) is 24.3 Å². The van der Waals surface area contributed by atoms with E-state index >= 15 is 0 Å². The summed E-state index contributed by atoms with van der Waals surface area (Å²) in [6.07, 6.45) is 3.88. The van der Waals surface area contributed by atoms with Crippen molar-refractivity contribution in [3.05, 3.63) is 28.7 Å². The summed E-state index contributed by atoms with van der Waals surface area (Å²) in [6, 6.07) is 7.46. The van der Waals surface area contributed by atoms with E-state index in [0.29, 0.717) is 12.5 Å². The highest BCUT2D eigenvalue weighted by molar-refractivity contribution is 9.10. The highest BCUT2D eigenvalue weighted by Crippen LogP contribution is 2.31. The Labute approximate surface area is 134 Å². The van der Waals surface area contributed by atoms with Gasteiger partial charge in [0, 0.05) is 16.7 Å². The third-order valence-corrected chi connectivity index (χ3v) is 4.46. The van der Waals surface area contributed by atoms with Gasteiger partial charge >= 0.3 is 0 Å². The molecule has 3 N–H and O–H groups in total. The summed E-state index contributed by atoms with van der Waals surface area (Å²) < 4.78 is 0.979. The molecule has 1 saturated carbocycles. The molecule has 4 nitrogen and oxygen atoms in total. The van der Waals surface area contributed by atoms with Crippen molar-refractivity contribution in [1.82, 2.24) is 5.32 Å². The number of hydrogen-bond donors (Lipinski definition) is 3. The molecule has 1 aromatic rings. The monoisotopic (exact) mass is 354 g/mol. The van der Waals surface area contributed by atoms with Gasteiger partial charge in [-0.25, -0.2) is 0 Å². The Balaban J connectivity index is 1.72. The van der Waals surface area contributed by atoms with Crippen LogP contribution in [0.25, 0.3) is 0 Å². The molecule has 21 heavy (non-hydrogen) atoms. The van der Waals surface area contributed by atoms with Crippen LogP contribution in [0.4, 0.5) is 5.69 Å². The van der Waals surface area contributed by atoms with Crippen LogP contribution < -0.4 is 10.6 Å². The highest BCUT2D eigenvalue weighted by Gasteiger charge is 2.32. The van der Waals surface area contributed by atoms with E-state index < -0.39 is 5.60 Å². The van der Waals surface area contributed by atoms with E-state index in [1.165, 1.54) is 6.42 Å². The maximum atomic E-state index is 11.8. The Morgan fingerprint density at radius 3 is 2.81 bits per heavy atom. The van der Waals surface area contributed by atoms with Crippen LogP contribution in [-0.2, 0) is 4.79 Å². The van der Waals surface area contributed by atoms with E-state index in [2.05, 4.69) is 33.5 Å². The zero-order valence-corrected chi connectivity index (χ0v) is 13.9. The van der Waals surface area contributed by atoms with Crippen LogP contribution in [0.15, 0.2) is 28.7 Å². The van der Waals surface area contributed by atoms with Crippen LogP contribution in [0.1, 0.15) is 32.6 Å². The number of nitrogens with one attached hydrogen (secondary N) is 2. The summed E-state index contributed by atoms with van der Waals surface area (Å²) in [5, 5.41) is 16.4. The molecule has 0 saturated heterocycles. The summed E-state index contributed by atoms with van der Waals surface area (Å²) in [5.74, 6) is 0.465. The molecule has 0 spiro atoms. The molecule has 1 aromatic carbocycles. The number of anilines is 1. The molecular formula is C16H23BrN2O2. The molecule has 116 valence electrons. The van der Waals surface area contributed by atoms with Gasteiger partial charge in [0.25, 0.3) is 0 Å². The average molecular weight is 355 g/mol. The minimum Gasteiger partial charge on any atom is -0.389 e. The van der Waals surface area contributed by atoms with Crippen molar-refractivity contribution in [2.45, 2.75) is 38.2 Å². The number of amides is 1. The summed E-state index contributed by atoms with van der Waals surface area (Å²) in [5.41, 5.74) is 0.116. The van der Waals surface area contributed by atoms with Gasteiger partial charge in [-0.15, -0.1) is 0 Å². The number of rotatable bonds is 5. The lowest BCUT2D eigenvalue weighted by Gasteiger charge is -2.35. The molecule has 0 radical (unpaired) electrons. The van der Waals surface area contributed by atoms with Crippen molar-refractivity contribution >= 4 is 27.5 Å². The maximum absolute atomic E-state index is 11.8. The van der Waals surface area contributed by atoms with Crippen LogP contribution in [0, 0.1) is 5.92 Å². The van der Waals surface area contributed by atoms with Gasteiger partial charge in [-0.05, 0) is 43.0 Å². The minimum atomic E-state index is -0.657. The number of benzene rings is 1. The van der Waals surface area contributed by atoms with E-state index in [-0.39, 0.29) is 12.5 Å². The van der Waals surface area contributed by atoms with Gasteiger partial charge in [-0.3, -0.25) is 4.79 Å². The van der Waals surface area contributed by atoms with Gasteiger partial charge in [0.15, 0.2) is 0 Å². The van der Waals surface area contributed by atoms with Crippen LogP contribution in [0.2, 0.25) is 0 Å². The first-order valence-corrected chi connectivity index (χ1v) is 8.25. The largest absolute Gasteiger partial charge is 0.389 e. The van der Waals surface area contributed by atoms with Crippen molar-refractivity contribution < 1.29 is 9.90 Å². The molecule has 2 atom stereocenters. The number of hydrogen-bond acceptors (Lipinski definition) is 3. The second-order valence-corrected chi connectivity index (χ2v) is 7.00. The fourth-order valence-electron chi connectivity index (χ4n) is 2.94. The summed E-state index contributed by atoms with van der Waals surface area (Å²) >= 11 is 3.36. The normalized spacial score (nSPS) is 25.6. The maximum Gasteiger partial charge on any atom is 0.238 e. The minimum absolute atomic E-state index is 0.0928. The van der Waals surface area contributed by atoms with Crippen LogP contribution in [0.3, 0.4) is 0 Å². The third kappa shape index (κ3) is 5.41. The molecule has 0 heterocycles. The fraction of sp³-hybridized carbons (Fsp3) is 0.562. The molecule has 1 fully saturated rings. The average Bonchev–Trinajstić information content (AvgIpc) is 2.41. The lowest BCUT2D eigenvalue weighted by Crippen LogP contribution is -2.45. The van der Waals surface area contributed by atoms with E-state index in [0.717, 1.165) is 29.4 Å². The molecule has 0 aliphatic heterocycles. The molecular weight excluding hydrogens is 332 g/mol. The molecule has 1 amide bonds. The van der Waals surface area contributed by atoms with Crippen molar-refractivity contribution in [1.29, 1.82) is 0 Å². The van der Waals surface area contributed by atoms with Crippen molar-refractivity contribution in [3.63, 3.8) is 0 Å². The van der Waals surface area contributed by atoms with E-state index in [9.17, 15) is 9.90 Å². The van der Waals surface area contributed by atoms with Gasteiger partial charge in [0.2, 0.25) is 5.91 Å². The number of halogens is 1. The van der Waals surface area contributed by atoms with Crippen LogP contribution >= 0.6 is 15.9 Å². The zero-order chi connectivity index (χ0) is 15.3. The standard InChI is InChI=1S/C16H23BrN2O2/c1-12-3-2-8-16(21,9-12)11-18-10-15(20)19-14-6-4-13(17)5-7-14/h4-7,12,18,21H,2-3,8-11H2,1H3,(H,19,20). The topological polar surface area (TPSA) is 61.4 Å². The van der Waals surface area contributed by atoms with Gasteiger partial charge in [-0.1, -0.05) is 35.7 Å². The molecule has 0 aromatic heterocycles. The first-order chi connectivity index (χ1) is 9.97. The summed E-state index contributed by atoms with van der Waals surface area (Å²) in [7, 11) is 0. The Morgan fingerprint density at radius 1 is 1.43 bits per heavy atom. The summed E-state index contributed by atoms with van der Waals surface area (Å²) in [4.78, 5) is 11.8. The number of carbonyl (C=O) groups is 1. The SMILES string of the molecule is CC1CCCC(O)(CNCC(=O)Nc2ccc(Br)cc2)C1. The molecule has 5 heteroatoms. The van der Waals surface area contributed by atoms with Crippen molar-refractivity contribution in [3.8, 4) is 0 Å². The van der Waals surface area contributed by atoms with Crippen molar-refractivity contribution in [2.75, 3.05) is 18.4 Å². The van der Waals surface area contributed by atoms with Crippen molar-refractivity contribution in [2.24, 2.45) is 5.92 Å². The Bertz CT molecular complexity index is 478. The quantitative estimate of drug-likeness (QED) is 0.761. The van der Waals surface area contributed by atoms with Gasteiger partial charge in [0.1, 0.15) is 0 Å². The molecule has 0 bridgehead atoms. The molecule has 2 unspecified atom stereocenters. The molecule has 1 aliphatic rings. The predicted octanol–water partition coefficient (Wildman–Crippen LogP) is 2.92. The van der Waals surface area contributed by atoms with Gasteiger partial charge < -0.3 is 15.7 Å². The Morgan fingerprint density at radius 2 is 2.14 bits per heavy atom. The lowest BCUT2D eigenvalue weighted by atomic mass is 9.79. The van der Waals surface area contributed by atoms with Gasteiger partial charge in [0.05, 0.1) is 12.1 Å². The fourth-order valence-corrected chi connectivity index (χ4v) is 3.20. The molecule has 2 rings (SSSR count). The molecule has 1 aliphatic carbocycles. The number of aliphatic hydroxyl groups is 1.